The molecule has 5 heterocycles. The molecule has 1 N–H and O–H groups in total. The number of nitrogens with zero attached hydrogens (tertiary/aromatic N) is 7. The number of hydrogen-bond donors (Lipinski definition) is 1. The Hall–Kier alpha value is -4.21. The first kappa shape index (κ1) is 31.4. The molecular formula is C31H28ClF5N8O2. The van der Waals surface area contributed by atoms with Crippen LogP contribution in [-0.4, -0.2) is 65.6 Å². The van der Waals surface area contributed by atoms with Gasteiger partial charge >= 0.3 is 6.18 Å². The summed E-state index contributed by atoms with van der Waals surface area (Å²) >= 11 is 5.82. The molecule has 16 heteroatoms. The number of halogens is 6. The summed E-state index contributed by atoms with van der Waals surface area (Å²) in [4.78, 5) is 10.6. The van der Waals surface area contributed by atoms with Gasteiger partial charge in [0.05, 0.1) is 19.2 Å². The molecule has 10 nitrogen and oxygen atoms in total. The van der Waals surface area contributed by atoms with E-state index < -0.39 is 23.6 Å². The molecule has 7 rings (SSSR count). The molecule has 0 spiro atoms. The minimum atomic E-state index is -4.67. The van der Waals surface area contributed by atoms with Gasteiger partial charge in [0.25, 0.3) is 0 Å². The smallest absolute Gasteiger partial charge is 0.451 e. The number of imidazole rings is 1. The molecule has 2 saturated heterocycles. The van der Waals surface area contributed by atoms with Crippen molar-refractivity contribution in [3.63, 3.8) is 0 Å². The average molecular weight is 675 g/mol. The Morgan fingerprint density at radius 1 is 0.979 bits per heavy atom. The summed E-state index contributed by atoms with van der Waals surface area (Å²) in [7, 11) is 0. The van der Waals surface area contributed by atoms with Crippen molar-refractivity contribution in [3.8, 4) is 17.3 Å². The largest absolute Gasteiger partial charge is 0.486 e. The van der Waals surface area contributed by atoms with Crippen LogP contribution in [0.4, 0.5) is 22.0 Å². The number of rotatable bonds is 9. The number of H-pyrrole nitrogens is 1. The Morgan fingerprint density at radius 2 is 1.79 bits per heavy atom. The van der Waals surface area contributed by atoms with Crippen molar-refractivity contribution in [1.82, 2.24) is 39.8 Å². The van der Waals surface area contributed by atoms with Crippen LogP contribution in [0.3, 0.4) is 0 Å². The molecule has 2 aromatic carbocycles. The highest BCUT2D eigenvalue weighted by Gasteiger charge is 2.35. The summed E-state index contributed by atoms with van der Waals surface area (Å²) in [6, 6.07) is 10.6. The number of piperidine rings is 1. The number of alkyl halides is 3. The number of fused-ring (bicyclic) bond motifs is 1. The zero-order valence-electron chi connectivity index (χ0n) is 24.8. The third-order valence-corrected chi connectivity index (χ3v) is 8.75. The molecule has 2 aliphatic rings. The van der Waals surface area contributed by atoms with E-state index in [0.29, 0.717) is 30.9 Å². The van der Waals surface area contributed by atoms with Crippen molar-refractivity contribution in [1.29, 1.82) is 0 Å². The minimum absolute atomic E-state index is 0.00629. The van der Waals surface area contributed by atoms with Crippen molar-refractivity contribution in [2.24, 2.45) is 0 Å². The van der Waals surface area contributed by atoms with Crippen LogP contribution in [0, 0.1) is 11.6 Å². The van der Waals surface area contributed by atoms with E-state index in [1.54, 1.807) is 18.2 Å². The first-order chi connectivity index (χ1) is 22.6. The second kappa shape index (κ2) is 12.8. The molecule has 2 aliphatic heterocycles. The van der Waals surface area contributed by atoms with E-state index in [1.807, 2.05) is 9.67 Å². The van der Waals surface area contributed by atoms with Gasteiger partial charge in [0, 0.05) is 17.2 Å². The lowest BCUT2D eigenvalue weighted by molar-refractivity contribution is -0.144. The average Bonchev–Trinajstić information content (AvgIpc) is 3.65. The van der Waals surface area contributed by atoms with Gasteiger partial charge in [-0.25, -0.2) is 18.7 Å². The Bertz CT molecular complexity index is 1900. The van der Waals surface area contributed by atoms with Crippen molar-refractivity contribution in [3.05, 3.63) is 81.9 Å². The second-order valence-corrected chi connectivity index (χ2v) is 12.1. The Kier molecular flexibility index (Phi) is 8.53. The molecule has 5 aromatic rings. The summed E-state index contributed by atoms with van der Waals surface area (Å²) in [6.45, 7) is 3.06. The Labute approximate surface area is 269 Å². The SMILES string of the molecule is Fc1cc(Cl)ccc1COc1cc(C2CCN(Cc3nc4cc(-c5n[nH]c(C(F)(F)F)n5)nnc4n3C[C@@H]3CCO3)CC2)ccc1F. The summed E-state index contributed by atoms with van der Waals surface area (Å²) in [5.74, 6) is -1.52. The minimum Gasteiger partial charge on any atom is -0.486 e. The van der Waals surface area contributed by atoms with Gasteiger partial charge in [-0.2, -0.15) is 18.3 Å². The van der Waals surface area contributed by atoms with Crippen LogP contribution in [0.15, 0.2) is 42.5 Å². The molecule has 0 bridgehead atoms. The predicted molar refractivity (Wildman–Crippen MR) is 159 cm³/mol. The van der Waals surface area contributed by atoms with E-state index in [-0.39, 0.29) is 46.5 Å². The number of nitrogens with one attached hydrogen (secondary N) is 1. The monoisotopic (exact) mass is 674 g/mol. The number of aromatic amines is 1. The van der Waals surface area contributed by atoms with E-state index in [1.165, 1.54) is 24.3 Å². The maximum Gasteiger partial charge on any atom is 0.451 e. The zero-order valence-corrected chi connectivity index (χ0v) is 25.5. The fourth-order valence-corrected chi connectivity index (χ4v) is 5.99. The van der Waals surface area contributed by atoms with Crippen molar-refractivity contribution >= 4 is 22.8 Å². The van der Waals surface area contributed by atoms with E-state index >= 15 is 0 Å². The lowest BCUT2D eigenvalue weighted by Crippen LogP contribution is -2.35. The normalized spacial score (nSPS) is 17.7. The molecule has 3 aromatic heterocycles. The highest BCUT2D eigenvalue weighted by Crippen LogP contribution is 2.33. The van der Waals surface area contributed by atoms with Crippen LogP contribution < -0.4 is 4.74 Å². The second-order valence-electron chi connectivity index (χ2n) is 11.6. The predicted octanol–water partition coefficient (Wildman–Crippen LogP) is 6.31. The summed E-state index contributed by atoms with van der Waals surface area (Å²) < 4.78 is 81.2. The molecule has 1 atom stereocenters. The first-order valence-electron chi connectivity index (χ1n) is 15.0. The third-order valence-electron chi connectivity index (χ3n) is 8.51. The van der Waals surface area contributed by atoms with Gasteiger partial charge in [-0.15, -0.1) is 10.2 Å². The molecule has 0 aliphatic carbocycles. The van der Waals surface area contributed by atoms with Gasteiger partial charge in [-0.3, -0.25) is 10.00 Å². The van der Waals surface area contributed by atoms with E-state index in [2.05, 4.69) is 25.2 Å². The maximum atomic E-state index is 14.6. The van der Waals surface area contributed by atoms with Crippen molar-refractivity contribution in [2.45, 2.75) is 57.2 Å². The third kappa shape index (κ3) is 6.78. The molecule has 0 amide bonds. The fraction of sp³-hybridized carbons (Fsp3) is 0.387. The first-order valence-corrected chi connectivity index (χ1v) is 15.4. The highest BCUT2D eigenvalue weighted by molar-refractivity contribution is 6.30. The van der Waals surface area contributed by atoms with Gasteiger partial charge in [0.15, 0.2) is 17.2 Å². The lowest BCUT2D eigenvalue weighted by atomic mass is 9.89. The Morgan fingerprint density at radius 3 is 2.49 bits per heavy atom. The van der Waals surface area contributed by atoms with Gasteiger partial charge in [0.2, 0.25) is 11.6 Å². The zero-order chi connectivity index (χ0) is 32.7. The van der Waals surface area contributed by atoms with E-state index in [4.69, 9.17) is 26.1 Å². The number of hydrogen-bond acceptors (Lipinski definition) is 8. The van der Waals surface area contributed by atoms with Crippen LogP contribution >= 0.6 is 11.6 Å². The van der Waals surface area contributed by atoms with Gasteiger partial charge in [-0.05, 0) is 74.2 Å². The number of benzene rings is 2. The molecule has 47 heavy (non-hydrogen) atoms. The molecule has 0 radical (unpaired) electrons. The molecule has 0 unspecified atom stereocenters. The standard InChI is InChI=1S/C31H28ClF5N8O2/c32-20-3-1-19(23(34)12-20)16-47-26-11-18(2-4-22(26)33)17-5-8-44(9-6-17)15-27-38-25-13-24(28-39-30(43-41-28)31(35,36)37)40-42-29(25)45(27)14-21-7-10-46-21/h1-4,11-13,17,21H,5-10,14-16H2,(H,39,41,43)/t21-/m0/s1. The number of likely N-dealkylation sites (tertiary alicyclic amines) is 1. The summed E-state index contributed by atoms with van der Waals surface area (Å²) in [5.41, 5.74) is 2.25. The topological polar surface area (TPSA) is 107 Å². The maximum absolute atomic E-state index is 14.6. The highest BCUT2D eigenvalue weighted by atomic mass is 35.5. The fourth-order valence-electron chi connectivity index (χ4n) is 5.83. The van der Waals surface area contributed by atoms with Crippen LogP contribution in [0.1, 0.15) is 48.0 Å². The molecule has 2 fully saturated rings. The van der Waals surface area contributed by atoms with Crippen LogP contribution in [-0.2, 0) is 30.6 Å². The summed E-state index contributed by atoms with van der Waals surface area (Å²) in [6.07, 6.45) is -2.16. The Balaban J connectivity index is 1.04. The van der Waals surface area contributed by atoms with E-state index in [9.17, 15) is 22.0 Å². The summed E-state index contributed by atoms with van der Waals surface area (Å²) in [5, 5.41) is 14.2. The van der Waals surface area contributed by atoms with Crippen molar-refractivity contribution < 1.29 is 31.4 Å². The van der Waals surface area contributed by atoms with Gasteiger partial charge in [0.1, 0.15) is 29.5 Å². The number of aromatic nitrogens is 7. The number of ether oxygens (including phenoxy) is 2. The molecular weight excluding hydrogens is 647 g/mol. The van der Waals surface area contributed by atoms with E-state index in [0.717, 1.165) is 43.7 Å². The lowest BCUT2D eigenvalue weighted by Gasteiger charge is -2.32. The van der Waals surface area contributed by atoms with Crippen LogP contribution in [0.5, 0.6) is 5.75 Å². The quantitative estimate of drug-likeness (QED) is 0.181. The van der Waals surface area contributed by atoms with Crippen molar-refractivity contribution in [2.75, 3.05) is 19.7 Å². The van der Waals surface area contributed by atoms with Gasteiger partial charge < -0.3 is 14.0 Å². The molecule has 0 saturated carbocycles. The van der Waals surface area contributed by atoms with Gasteiger partial charge in [-0.1, -0.05) is 23.7 Å². The molecule has 246 valence electrons. The van der Waals surface area contributed by atoms with Crippen LogP contribution in [0.25, 0.3) is 22.7 Å². The van der Waals surface area contributed by atoms with Crippen LogP contribution in [0.2, 0.25) is 5.02 Å².